The highest BCUT2D eigenvalue weighted by atomic mass is 16.2. The topological polar surface area (TPSA) is 54.3 Å². The summed E-state index contributed by atoms with van der Waals surface area (Å²) in [6.45, 7) is 1.56. The molecule has 0 N–H and O–H groups in total. The van der Waals surface area contributed by atoms with E-state index in [0.29, 0.717) is 5.56 Å². The fourth-order valence-electron chi connectivity index (χ4n) is 3.03. The lowest BCUT2D eigenvalue weighted by atomic mass is 10.0. The number of amides is 1. The van der Waals surface area contributed by atoms with E-state index in [0.717, 1.165) is 38.2 Å². The number of nitrogens with zero attached hydrogens (tertiary/aromatic N) is 5. The van der Waals surface area contributed by atoms with Crippen molar-refractivity contribution in [1.82, 2.24) is 19.7 Å². The molecule has 1 aliphatic rings. The Morgan fingerprint density at radius 2 is 2.22 bits per heavy atom. The Morgan fingerprint density at radius 3 is 2.87 bits per heavy atom. The van der Waals surface area contributed by atoms with Gasteiger partial charge in [-0.2, -0.15) is 5.10 Å². The normalized spacial score (nSPS) is 18.0. The number of rotatable bonds is 4. The second-order valence-electron chi connectivity index (χ2n) is 6.18. The molecule has 6 heteroatoms. The van der Waals surface area contributed by atoms with Gasteiger partial charge in [0.1, 0.15) is 5.82 Å². The van der Waals surface area contributed by atoms with Crippen molar-refractivity contribution in [3.8, 4) is 0 Å². The summed E-state index contributed by atoms with van der Waals surface area (Å²) in [5, 5.41) is 4.27. The molecule has 1 amide bonds. The number of hydrogen-bond acceptors (Lipinski definition) is 4. The predicted octanol–water partition coefficient (Wildman–Crippen LogP) is 2.04. The maximum Gasteiger partial charge on any atom is 0.255 e. The van der Waals surface area contributed by atoms with Crippen LogP contribution in [-0.4, -0.2) is 52.3 Å². The van der Waals surface area contributed by atoms with Crippen LogP contribution in [0.5, 0.6) is 0 Å². The minimum absolute atomic E-state index is 0.0691. The largest absolute Gasteiger partial charge is 0.363 e. The zero-order valence-electron chi connectivity index (χ0n) is 13.7. The maximum absolute atomic E-state index is 12.9. The van der Waals surface area contributed by atoms with Crippen molar-refractivity contribution < 1.29 is 4.79 Å². The average Bonchev–Trinajstić information content (AvgIpc) is 3.08. The van der Waals surface area contributed by atoms with Crippen LogP contribution in [-0.2, 0) is 6.54 Å². The van der Waals surface area contributed by atoms with Crippen LogP contribution in [0.3, 0.4) is 0 Å². The third kappa shape index (κ3) is 3.52. The second-order valence-corrected chi connectivity index (χ2v) is 6.18. The fraction of sp³-hybridized carbons (Fsp3) is 0.471. The lowest BCUT2D eigenvalue weighted by Gasteiger charge is -2.35. The number of carbonyl (C=O) groups is 1. The zero-order chi connectivity index (χ0) is 16.2. The number of likely N-dealkylation sites (tertiary alicyclic amines) is 1. The Labute approximate surface area is 136 Å². The first-order valence-electron chi connectivity index (χ1n) is 8.07. The molecule has 0 spiro atoms. The Hall–Kier alpha value is -2.37. The van der Waals surface area contributed by atoms with Crippen LogP contribution in [0.25, 0.3) is 0 Å². The second kappa shape index (κ2) is 6.81. The highest BCUT2D eigenvalue weighted by Crippen LogP contribution is 2.21. The van der Waals surface area contributed by atoms with Crippen LogP contribution in [0.15, 0.2) is 36.8 Å². The van der Waals surface area contributed by atoms with Crippen LogP contribution in [0.4, 0.5) is 5.82 Å². The number of anilines is 1. The molecule has 1 aliphatic heterocycles. The van der Waals surface area contributed by atoms with Gasteiger partial charge in [-0.15, -0.1) is 0 Å². The molecular weight excluding hydrogens is 290 g/mol. The van der Waals surface area contributed by atoms with Crippen molar-refractivity contribution in [2.24, 2.45) is 0 Å². The van der Waals surface area contributed by atoms with Gasteiger partial charge in [0.25, 0.3) is 5.91 Å². The van der Waals surface area contributed by atoms with Gasteiger partial charge >= 0.3 is 0 Å². The van der Waals surface area contributed by atoms with Crippen molar-refractivity contribution in [2.75, 3.05) is 25.5 Å². The number of pyridine rings is 1. The van der Waals surface area contributed by atoms with Gasteiger partial charge in [-0.05, 0) is 37.5 Å². The zero-order valence-corrected chi connectivity index (χ0v) is 13.7. The van der Waals surface area contributed by atoms with E-state index in [4.69, 9.17) is 0 Å². The summed E-state index contributed by atoms with van der Waals surface area (Å²) in [5.41, 5.74) is 0.656. The SMILES string of the molecule is CN(C)c1ccc(C(=O)N2CCCC[C@@H]2Cn2cccn2)cn1. The van der Waals surface area contributed by atoms with E-state index < -0.39 is 0 Å². The predicted molar refractivity (Wildman–Crippen MR) is 89.5 cm³/mol. The molecule has 0 radical (unpaired) electrons. The Morgan fingerprint density at radius 1 is 1.35 bits per heavy atom. The maximum atomic E-state index is 12.9. The molecule has 23 heavy (non-hydrogen) atoms. The first kappa shape index (κ1) is 15.5. The molecule has 122 valence electrons. The summed E-state index contributed by atoms with van der Waals surface area (Å²) >= 11 is 0. The van der Waals surface area contributed by atoms with E-state index in [1.165, 1.54) is 0 Å². The van der Waals surface area contributed by atoms with Crippen molar-refractivity contribution >= 4 is 11.7 Å². The van der Waals surface area contributed by atoms with E-state index in [1.807, 2.05) is 53.0 Å². The Balaban J connectivity index is 1.75. The van der Waals surface area contributed by atoms with Crippen molar-refractivity contribution in [1.29, 1.82) is 0 Å². The molecule has 2 aromatic rings. The van der Waals surface area contributed by atoms with Crippen LogP contribution in [0.1, 0.15) is 29.6 Å². The van der Waals surface area contributed by atoms with Crippen LogP contribution in [0.2, 0.25) is 0 Å². The molecule has 0 bridgehead atoms. The summed E-state index contributed by atoms with van der Waals surface area (Å²) in [5.74, 6) is 0.924. The minimum Gasteiger partial charge on any atom is -0.363 e. The van der Waals surface area contributed by atoms with Gasteiger partial charge in [0.2, 0.25) is 0 Å². The van der Waals surface area contributed by atoms with Gasteiger partial charge in [-0.3, -0.25) is 9.48 Å². The van der Waals surface area contributed by atoms with Crippen LogP contribution >= 0.6 is 0 Å². The van der Waals surface area contributed by atoms with E-state index in [-0.39, 0.29) is 11.9 Å². The minimum atomic E-state index is 0.0691. The summed E-state index contributed by atoms with van der Waals surface area (Å²) in [6.07, 6.45) is 8.65. The van der Waals surface area contributed by atoms with Crippen molar-refractivity contribution in [2.45, 2.75) is 31.8 Å². The number of aromatic nitrogens is 3. The number of hydrogen-bond donors (Lipinski definition) is 0. The average molecular weight is 313 g/mol. The quantitative estimate of drug-likeness (QED) is 0.867. The Bertz CT molecular complexity index is 636. The molecule has 2 aromatic heterocycles. The molecule has 1 saturated heterocycles. The highest BCUT2D eigenvalue weighted by Gasteiger charge is 2.28. The molecule has 0 unspecified atom stereocenters. The highest BCUT2D eigenvalue weighted by molar-refractivity contribution is 5.94. The van der Waals surface area contributed by atoms with Gasteiger partial charge < -0.3 is 9.80 Å². The lowest BCUT2D eigenvalue weighted by molar-refractivity contribution is 0.0583. The van der Waals surface area contributed by atoms with Crippen LogP contribution < -0.4 is 4.90 Å². The van der Waals surface area contributed by atoms with E-state index in [9.17, 15) is 4.79 Å². The lowest BCUT2D eigenvalue weighted by Crippen LogP contribution is -2.46. The molecular formula is C17H23N5O. The number of carbonyl (C=O) groups excluding carboxylic acids is 1. The first-order chi connectivity index (χ1) is 11.1. The third-order valence-corrected chi connectivity index (χ3v) is 4.30. The first-order valence-corrected chi connectivity index (χ1v) is 8.07. The van der Waals surface area contributed by atoms with Gasteiger partial charge in [-0.1, -0.05) is 0 Å². The molecule has 0 saturated carbocycles. The summed E-state index contributed by atoms with van der Waals surface area (Å²) in [6, 6.07) is 5.87. The monoisotopic (exact) mass is 313 g/mol. The van der Waals surface area contributed by atoms with E-state index >= 15 is 0 Å². The Kier molecular flexibility index (Phi) is 4.60. The standard InChI is InChI=1S/C17H23N5O/c1-20(2)16-8-7-14(12-18-16)17(23)22-11-4-3-6-15(22)13-21-10-5-9-19-21/h5,7-10,12,15H,3-4,6,11,13H2,1-2H3/t15-/m1/s1. The molecule has 0 aliphatic carbocycles. The molecule has 0 aromatic carbocycles. The molecule has 1 fully saturated rings. The summed E-state index contributed by atoms with van der Waals surface area (Å²) < 4.78 is 1.91. The van der Waals surface area contributed by atoms with Gasteiger partial charge in [0.05, 0.1) is 18.2 Å². The summed E-state index contributed by atoms with van der Waals surface area (Å²) in [7, 11) is 3.88. The van der Waals surface area contributed by atoms with E-state index in [1.54, 1.807) is 12.4 Å². The van der Waals surface area contributed by atoms with Crippen molar-refractivity contribution in [3.63, 3.8) is 0 Å². The smallest absolute Gasteiger partial charge is 0.255 e. The van der Waals surface area contributed by atoms with Gasteiger partial charge in [0, 0.05) is 39.2 Å². The van der Waals surface area contributed by atoms with Gasteiger partial charge in [0.15, 0.2) is 0 Å². The molecule has 3 rings (SSSR count). The molecule has 6 nitrogen and oxygen atoms in total. The summed E-state index contributed by atoms with van der Waals surface area (Å²) in [4.78, 5) is 21.1. The van der Waals surface area contributed by atoms with Crippen molar-refractivity contribution in [3.05, 3.63) is 42.4 Å². The molecule has 1 atom stereocenters. The van der Waals surface area contributed by atoms with E-state index in [2.05, 4.69) is 10.1 Å². The fourth-order valence-corrected chi connectivity index (χ4v) is 3.03. The third-order valence-electron chi connectivity index (χ3n) is 4.30. The molecule has 3 heterocycles. The number of piperidine rings is 1. The van der Waals surface area contributed by atoms with Gasteiger partial charge in [-0.25, -0.2) is 4.98 Å². The van der Waals surface area contributed by atoms with Crippen LogP contribution in [0, 0.1) is 0 Å².